The third-order valence-corrected chi connectivity index (χ3v) is 3.56. The van der Waals surface area contributed by atoms with Crippen LogP contribution in [-0.2, 0) is 6.42 Å². The molecule has 1 atom stereocenters. The molecule has 0 aliphatic carbocycles. The molecule has 3 rings (SSSR count). The van der Waals surface area contributed by atoms with Crippen molar-refractivity contribution >= 4 is 5.69 Å². The summed E-state index contributed by atoms with van der Waals surface area (Å²) in [5.74, 6) is 0.646. The fraction of sp³-hybridized carbons (Fsp3) is 0.250. The van der Waals surface area contributed by atoms with E-state index in [4.69, 9.17) is 0 Å². The van der Waals surface area contributed by atoms with Crippen LogP contribution in [0.3, 0.4) is 0 Å². The minimum absolute atomic E-state index is 0.646. The fourth-order valence-corrected chi connectivity index (χ4v) is 2.63. The van der Waals surface area contributed by atoms with Crippen LogP contribution >= 0.6 is 0 Å². The van der Waals surface area contributed by atoms with Gasteiger partial charge in [-0.3, -0.25) is 0 Å². The molecule has 2 aromatic carbocycles. The standard InChI is InChI=1S/C16H17N/c1-2-6-13(7-3-1)14-10-11-17-16-9-5-4-8-15(16)12-14/h1-9,14,17H,10-12H2/t14-/m0/s1. The van der Waals surface area contributed by atoms with Crippen molar-refractivity contribution in [3.05, 3.63) is 65.7 Å². The molecule has 0 aromatic heterocycles. The summed E-state index contributed by atoms with van der Waals surface area (Å²) < 4.78 is 0. The maximum Gasteiger partial charge on any atom is 0.0372 e. The van der Waals surface area contributed by atoms with Crippen molar-refractivity contribution in [2.24, 2.45) is 0 Å². The molecule has 0 saturated carbocycles. The third-order valence-electron chi connectivity index (χ3n) is 3.56. The first-order chi connectivity index (χ1) is 8.43. The van der Waals surface area contributed by atoms with E-state index in [2.05, 4.69) is 59.9 Å². The molecule has 1 N–H and O–H groups in total. The van der Waals surface area contributed by atoms with Crippen LogP contribution in [0.5, 0.6) is 0 Å². The second-order valence-corrected chi connectivity index (χ2v) is 4.68. The van der Waals surface area contributed by atoms with Crippen molar-refractivity contribution in [2.75, 3.05) is 11.9 Å². The summed E-state index contributed by atoms with van der Waals surface area (Å²) >= 11 is 0. The molecule has 0 saturated heterocycles. The predicted molar refractivity (Wildman–Crippen MR) is 72.4 cm³/mol. The molecule has 1 heteroatoms. The van der Waals surface area contributed by atoms with E-state index >= 15 is 0 Å². The Morgan fingerprint density at radius 3 is 2.53 bits per heavy atom. The maximum absolute atomic E-state index is 3.52. The van der Waals surface area contributed by atoms with Crippen molar-refractivity contribution < 1.29 is 0 Å². The van der Waals surface area contributed by atoms with Gasteiger partial charge in [-0.25, -0.2) is 0 Å². The molecule has 0 unspecified atom stereocenters. The molecule has 2 aromatic rings. The average molecular weight is 223 g/mol. The van der Waals surface area contributed by atoms with Crippen LogP contribution in [0.4, 0.5) is 5.69 Å². The lowest BCUT2D eigenvalue weighted by molar-refractivity contribution is 0.656. The smallest absolute Gasteiger partial charge is 0.0372 e. The Labute approximate surface area is 102 Å². The number of nitrogens with one attached hydrogen (secondary N) is 1. The summed E-state index contributed by atoms with van der Waals surface area (Å²) in [6.07, 6.45) is 2.35. The first-order valence-electron chi connectivity index (χ1n) is 6.30. The molecule has 0 radical (unpaired) electrons. The Morgan fingerprint density at radius 1 is 0.882 bits per heavy atom. The second kappa shape index (κ2) is 4.62. The van der Waals surface area contributed by atoms with Gasteiger partial charge in [0.15, 0.2) is 0 Å². The summed E-state index contributed by atoms with van der Waals surface area (Å²) in [6, 6.07) is 19.5. The van der Waals surface area contributed by atoms with E-state index in [-0.39, 0.29) is 0 Å². The Balaban J connectivity index is 1.91. The lowest BCUT2D eigenvalue weighted by atomic mass is 9.90. The highest BCUT2D eigenvalue weighted by Gasteiger charge is 2.17. The first-order valence-corrected chi connectivity index (χ1v) is 6.30. The average Bonchev–Trinajstić information content (AvgIpc) is 2.62. The van der Waals surface area contributed by atoms with Crippen molar-refractivity contribution in [1.82, 2.24) is 0 Å². The molecule has 1 nitrogen and oxygen atoms in total. The number of rotatable bonds is 1. The number of benzene rings is 2. The van der Waals surface area contributed by atoms with Crippen molar-refractivity contribution in [2.45, 2.75) is 18.8 Å². The topological polar surface area (TPSA) is 12.0 Å². The van der Waals surface area contributed by atoms with Crippen LogP contribution in [0.2, 0.25) is 0 Å². The van der Waals surface area contributed by atoms with E-state index in [1.807, 2.05) is 0 Å². The van der Waals surface area contributed by atoms with Crippen molar-refractivity contribution in [3.63, 3.8) is 0 Å². The number of hydrogen-bond acceptors (Lipinski definition) is 1. The summed E-state index contributed by atoms with van der Waals surface area (Å²) in [5.41, 5.74) is 4.22. The van der Waals surface area contributed by atoms with E-state index in [1.165, 1.54) is 23.2 Å². The predicted octanol–water partition coefficient (Wildman–Crippen LogP) is 3.83. The highest BCUT2D eigenvalue weighted by atomic mass is 14.9. The minimum Gasteiger partial charge on any atom is -0.385 e. The van der Waals surface area contributed by atoms with Crippen molar-refractivity contribution in [3.8, 4) is 0 Å². The van der Waals surface area contributed by atoms with Crippen LogP contribution in [0.1, 0.15) is 23.5 Å². The van der Waals surface area contributed by atoms with Gasteiger partial charge in [-0.15, -0.1) is 0 Å². The molecule has 0 amide bonds. The van der Waals surface area contributed by atoms with Gasteiger partial charge < -0.3 is 5.32 Å². The monoisotopic (exact) mass is 223 g/mol. The van der Waals surface area contributed by atoms with Gasteiger partial charge in [-0.05, 0) is 36.0 Å². The number of fused-ring (bicyclic) bond motifs is 1. The maximum atomic E-state index is 3.52. The second-order valence-electron chi connectivity index (χ2n) is 4.68. The SMILES string of the molecule is c1ccc([C@H]2CCNc3ccccc3C2)cc1. The van der Waals surface area contributed by atoms with Gasteiger partial charge in [-0.1, -0.05) is 48.5 Å². The summed E-state index contributed by atoms with van der Waals surface area (Å²) in [5, 5.41) is 3.52. The van der Waals surface area contributed by atoms with Crippen molar-refractivity contribution in [1.29, 1.82) is 0 Å². The molecule has 0 bridgehead atoms. The molecule has 0 fully saturated rings. The Kier molecular flexibility index (Phi) is 2.83. The Bertz CT molecular complexity index is 490. The van der Waals surface area contributed by atoms with E-state index in [1.54, 1.807) is 0 Å². The van der Waals surface area contributed by atoms with E-state index in [0.29, 0.717) is 5.92 Å². The molecular formula is C16H17N. The molecule has 86 valence electrons. The van der Waals surface area contributed by atoms with Crippen LogP contribution in [0.25, 0.3) is 0 Å². The molecule has 1 aliphatic heterocycles. The van der Waals surface area contributed by atoms with Gasteiger partial charge in [0, 0.05) is 12.2 Å². The fourth-order valence-electron chi connectivity index (χ4n) is 2.63. The molecule has 0 spiro atoms. The lowest BCUT2D eigenvalue weighted by Gasteiger charge is -2.14. The van der Waals surface area contributed by atoms with Crippen LogP contribution in [0.15, 0.2) is 54.6 Å². The number of anilines is 1. The van der Waals surface area contributed by atoms with Crippen LogP contribution in [0, 0.1) is 0 Å². The Morgan fingerprint density at radius 2 is 1.65 bits per heavy atom. The Hall–Kier alpha value is -1.76. The third kappa shape index (κ3) is 2.19. The first kappa shape index (κ1) is 10.4. The van der Waals surface area contributed by atoms with Crippen LogP contribution < -0.4 is 5.32 Å². The summed E-state index contributed by atoms with van der Waals surface area (Å²) in [4.78, 5) is 0. The van der Waals surface area contributed by atoms with Gasteiger partial charge in [0.1, 0.15) is 0 Å². The van der Waals surface area contributed by atoms with E-state index in [9.17, 15) is 0 Å². The van der Waals surface area contributed by atoms with Gasteiger partial charge in [0.05, 0.1) is 0 Å². The zero-order valence-electron chi connectivity index (χ0n) is 9.89. The zero-order chi connectivity index (χ0) is 11.5. The van der Waals surface area contributed by atoms with Gasteiger partial charge in [0.2, 0.25) is 0 Å². The summed E-state index contributed by atoms with van der Waals surface area (Å²) in [6.45, 7) is 1.07. The normalized spacial score (nSPS) is 18.9. The van der Waals surface area contributed by atoms with Crippen LogP contribution in [-0.4, -0.2) is 6.54 Å². The number of para-hydroxylation sites is 1. The highest BCUT2D eigenvalue weighted by molar-refractivity contribution is 5.52. The highest BCUT2D eigenvalue weighted by Crippen LogP contribution is 2.30. The van der Waals surface area contributed by atoms with E-state index in [0.717, 1.165) is 13.0 Å². The number of hydrogen-bond donors (Lipinski definition) is 1. The lowest BCUT2D eigenvalue weighted by Crippen LogP contribution is -2.04. The minimum atomic E-state index is 0.646. The van der Waals surface area contributed by atoms with Gasteiger partial charge >= 0.3 is 0 Å². The largest absolute Gasteiger partial charge is 0.385 e. The summed E-state index contributed by atoms with van der Waals surface area (Å²) in [7, 11) is 0. The molecule has 1 aliphatic rings. The quantitative estimate of drug-likeness (QED) is 0.774. The van der Waals surface area contributed by atoms with E-state index < -0.39 is 0 Å². The van der Waals surface area contributed by atoms with Gasteiger partial charge in [-0.2, -0.15) is 0 Å². The zero-order valence-corrected chi connectivity index (χ0v) is 9.89. The van der Waals surface area contributed by atoms with Gasteiger partial charge in [0.25, 0.3) is 0 Å². The molecule has 17 heavy (non-hydrogen) atoms. The molecular weight excluding hydrogens is 206 g/mol. The molecule has 1 heterocycles.